The zero-order valence-corrected chi connectivity index (χ0v) is 14.7. The van der Waals surface area contributed by atoms with Gasteiger partial charge in [0.2, 0.25) is 5.95 Å². The number of benzene rings is 2. The van der Waals surface area contributed by atoms with Crippen LogP contribution in [0.2, 0.25) is 5.02 Å². The molecule has 3 N–H and O–H groups in total. The maximum Gasteiger partial charge on any atom is 0.229 e. The van der Waals surface area contributed by atoms with Crippen LogP contribution in [0.1, 0.15) is 16.7 Å². The predicted molar refractivity (Wildman–Crippen MR) is 102 cm³/mol. The maximum atomic E-state index is 9.25. The zero-order chi connectivity index (χ0) is 18.5. The minimum atomic E-state index is -0.0625. The van der Waals surface area contributed by atoms with E-state index in [1.165, 1.54) is 0 Å². The van der Waals surface area contributed by atoms with Crippen molar-refractivity contribution in [1.29, 1.82) is 5.26 Å². The van der Waals surface area contributed by atoms with Crippen LogP contribution in [-0.2, 0) is 6.61 Å². The van der Waals surface area contributed by atoms with Gasteiger partial charge in [-0.15, -0.1) is 0 Å². The monoisotopic (exact) mass is 365 g/mol. The Morgan fingerprint density at radius 3 is 2.58 bits per heavy atom. The van der Waals surface area contributed by atoms with Crippen LogP contribution in [0.4, 0.5) is 23.1 Å². The Kier molecular flexibility index (Phi) is 5.32. The molecule has 0 atom stereocenters. The van der Waals surface area contributed by atoms with E-state index in [0.29, 0.717) is 22.4 Å². The van der Waals surface area contributed by atoms with Crippen molar-refractivity contribution in [3.63, 3.8) is 0 Å². The molecular formula is C19H16ClN5O. The molecule has 0 aliphatic rings. The average molecular weight is 366 g/mol. The number of hydrogen-bond donors (Lipinski definition) is 3. The fourth-order valence-corrected chi connectivity index (χ4v) is 2.78. The Bertz CT molecular complexity index is 943. The Morgan fingerprint density at radius 2 is 1.92 bits per heavy atom. The van der Waals surface area contributed by atoms with E-state index in [1.807, 2.05) is 13.0 Å². The van der Waals surface area contributed by atoms with Gasteiger partial charge in [0.1, 0.15) is 5.82 Å². The molecule has 26 heavy (non-hydrogen) atoms. The number of aliphatic hydroxyl groups excluding tert-OH is 1. The van der Waals surface area contributed by atoms with E-state index in [0.717, 1.165) is 22.5 Å². The molecule has 1 aromatic heterocycles. The highest BCUT2D eigenvalue weighted by molar-refractivity contribution is 6.33. The molecule has 0 bridgehead atoms. The minimum Gasteiger partial charge on any atom is -0.392 e. The van der Waals surface area contributed by atoms with E-state index in [9.17, 15) is 5.11 Å². The molecular weight excluding hydrogens is 350 g/mol. The average Bonchev–Trinajstić information content (AvgIpc) is 2.65. The van der Waals surface area contributed by atoms with E-state index in [-0.39, 0.29) is 6.61 Å². The third kappa shape index (κ3) is 4.09. The Balaban J connectivity index is 1.80. The van der Waals surface area contributed by atoms with Crippen molar-refractivity contribution in [3.05, 3.63) is 70.4 Å². The van der Waals surface area contributed by atoms with Crippen LogP contribution in [0.25, 0.3) is 0 Å². The lowest BCUT2D eigenvalue weighted by molar-refractivity contribution is 0.282. The molecule has 0 amide bonds. The summed E-state index contributed by atoms with van der Waals surface area (Å²) in [5.41, 5.74) is 3.75. The number of nitrogens with one attached hydrogen (secondary N) is 2. The Morgan fingerprint density at radius 1 is 1.15 bits per heavy atom. The van der Waals surface area contributed by atoms with Crippen molar-refractivity contribution in [2.45, 2.75) is 13.5 Å². The third-order valence-corrected chi connectivity index (χ3v) is 4.01. The minimum absolute atomic E-state index is 0.0625. The number of aliphatic hydroxyl groups is 1. The first-order valence-electron chi connectivity index (χ1n) is 7.86. The van der Waals surface area contributed by atoms with Crippen molar-refractivity contribution in [1.82, 2.24) is 9.97 Å². The van der Waals surface area contributed by atoms with E-state index in [4.69, 9.17) is 16.9 Å². The van der Waals surface area contributed by atoms with Crippen molar-refractivity contribution in [2.75, 3.05) is 10.6 Å². The van der Waals surface area contributed by atoms with Gasteiger partial charge in [-0.25, -0.2) is 4.98 Å². The number of aryl methyl sites for hydroxylation is 1. The fraction of sp³-hybridized carbons (Fsp3) is 0.105. The van der Waals surface area contributed by atoms with E-state index in [1.54, 1.807) is 42.6 Å². The molecule has 3 aromatic rings. The number of rotatable bonds is 5. The van der Waals surface area contributed by atoms with Gasteiger partial charge in [-0.3, -0.25) is 0 Å². The molecule has 3 rings (SSSR count). The van der Waals surface area contributed by atoms with Gasteiger partial charge in [-0.05, 0) is 54.4 Å². The molecule has 0 saturated heterocycles. The van der Waals surface area contributed by atoms with Crippen LogP contribution in [0.3, 0.4) is 0 Å². The summed E-state index contributed by atoms with van der Waals surface area (Å²) in [6.45, 7) is 1.84. The van der Waals surface area contributed by atoms with E-state index >= 15 is 0 Å². The molecule has 0 spiro atoms. The van der Waals surface area contributed by atoms with E-state index < -0.39 is 0 Å². The summed E-state index contributed by atoms with van der Waals surface area (Å²) in [6.07, 6.45) is 1.63. The lowest BCUT2D eigenvalue weighted by Gasteiger charge is -2.13. The largest absolute Gasteiger partial charge is 0.392 e. The van der Waals surface area contributed by atoms with Crippen LogP contribution >= 0.6 is 11.6 Å². The molecule has 130 valence electrons. The highest BCUT2D eigenvalue weighted by atomic mass is 35.5. The summed E-state index contributed by atoms with van der Waals surface area (Å²) in [5.74, 6) is 0.998. The summed E-state index contributed by atoms with van der Waals surface area (Å²) < 4.78 is 0. The molecule has 6 nitrogen and oxygen atoms in total. The van der Waals surface area contributed by atoms with Crippen LogP contribution in [-0.4, -0.2) is 15.1 Å². The number of nitrogens with zero attached hydrogens (tertiary/aromatic N) is 3. The van der Waals surface area contributed by atoms with Gasteiger partial charge in [0.15, 0.2) is 0 Å². The highest BCUT2D eigenvalue weighted by Gasteiger charge is 2.08. The SMILES string of the molecule is Cc1cc(CO)cc(Cl)c1Nc1ccnc(Nc2ccc(C#N)cc2)n1. The second-order valence-electron chi connectivity index (χ2n) is 5.63. The number of aromatic nitrogens is 2. The number of nitriles is 1. The van der Waals surface area contributed by atoms with Crippen LogP contribution in [0.15, 0.2) is 48.7 Å². The number of halogens is 1. The molecule has 7 heteroatoms. The molecule has 0 aliphatic heterocycles. The molecule has 0 saturated carbocycles. The highest BCUT2D eigenvalue weighted by Crippen LogP contribution is 2.30. The first-order valence-corrected chi connectivity index (χ1v) is 8.24. The fourth-order valence-electron chi connectivity index (χ4n) is 2.44. The summed E-state index contributed by atoms with van der Waals surface area (Å²) >= 11 is 6.30. The Hall–Kier alpha value is -3.14. The smallest absolute Gasteiger partial charge is 0.229 e. The van der Waals surface area contributed by atoms with Gasteiger partial charge in [-0.1, -0.05) is 17.7 Å². The zero-order valence-electron chi connectivity index (χ0n) is 14.0. The van der Waals surface area contributed by atoms with Gasteiger partial charge in [0.25, 0.3) is 0 Å². The van der Waals surface area contributed by atoms with Gasteiger partial charge in [0.05, 0.1) is 28.9 Å². The summed E-state index contributed by atoms with van der Waals surface area (Å²) in [7, 11) is 0. The standard InChI is InChI=1S/C19H16ClN5O/c1-12-8-14(11-26)9-16(20)18(12)24-17-6-7-22-19(25-17)23-15-4-2-13(10-21)3-5-15/h2-9,26H,11H2,1H3,(H2,22,23,24,25). The lowest BCUT2D eigenvalue weighted by atomic mass is 10.1. The molecule has 0 fully saturated rings. The molecule has 0 unspecified atom stereocenters. The number of hydrogen-bond acceptors (Lipinski definition) is 6. The molecule has 1 heterocycles. The lowest BCUT2D eigenvalue weighted by Crippen LogP contribution is -2.02. The van der Waals surface area contributed by atoms with Crippen molar-refractivity contribution in [2.24, 2.45) is 0 Å². The van der Waals surface area contributed by atoms with Crippen LogP contribution < -0.4 is 10.6 Å². The number of anilines is 4. The third-order valence-electron chi connectivity index (χ3n) is 3.71. The summed E-state index contributed by atoms with van der Waals surface area (Å²) in [6, 6.07) is 14.4. The van der Waals surface area contributed by atoms with Crippen molar-refractivity contribution >= 4 is 34.7 Å². The molecule has 0 radical (unpaired) electrons. The van der Waals surface area contributed by atoms with Gasteiger partial charge < -0.3 is 15.7 Å². The van der Waals surface area contributed by atoms with E-state index in [2.05, 4.69) is 26.7 Å². The second kappa shape index (κ2) is 7.83. The second-order valence-corrected chi connectivity index (χ2v) is 6.04. The molecule has 2 aromatic carbocycles. The van der Waals surface area contributed by atoms with Crippen molar-refractivity contribution < 1.29 is 5.11 Å². The first-order chi connectivity index (χ1) is 12.6. The summed E-state index contributed by atoms with van der Waals surface area (Å²) in [5, 5.41) is 24.9. The topological polar surface area (TPSA) is 93.9 Å². The summed E-state index contributed by atoms with van der Waals surface area (Å²) in [4.78, 5) is 8.62. The van der Waals surface area contributed by atoms with Gasteiger partial charge in [0, 0.05) is 11.9 Å². The maximum absolute atomic E-state index is 9.25. The first kappa shape index (κ1) is 17.7. The predicted octanol–water partition coefficient (Wildman–Crippen LogP) is 4.29. The van der Waals surface area contributed by atoms with Gasteiger partial charge in [-0.2, -0.15) is 10.2 Å². The van der Waals surface area contributed by atoms with Gasteiger partial charge >= 0.3 is 0 Å². The van der Waals surface area contributed by atoms with Crippen LogP contribution in [0.5, 0.6) is 0 Å². The van der Waals surface area contributed by atoms with Crippen LogP contribution in [0, 0.1) is 18.3 Å². The molecule has 0 aliphatic carbocycles. The Labute approximate surface area is 156 Å². The normalized spacial score (nSPS) is 10.2. The quantitative estimate of drug-likeness (QED) is 0.624. The van der Waals surface area contributed by atoms with Crippen molar-refractivity contribution in [3.8, 4) is 6.07 Å².